The van der Waals surface area contributed by atoms with Gasteiger partial charge in [0, 0.05) is 4.88 Å². The van der Waals surface area contributed by atoms with Crippen LogP contribution in [0.2, 0.25) is 0 Å². The van der Waals surface area contributed by atoms with Gasteiger partial charge in [0.15, 0.2) is 0 Å². The number of rotatable bonds is 3. The van der Waals surface area contributed by atoms with Crippen LogP contribution < -0.4 is 0 Å². The second-order valence-electron chi connectivity index (χ2n) is 7.10. The molecule has 4 aliphatic rings. The minimum Gasteiger partial charge on any atom is -0.147 e. The molecule has 0 saturated heterocycles. The Kier molecular flexibility index (Phi) is 2.78. The summed E-state index contributed by atoms with van der Waals surface area (Å²) in [6.45, 7) is 0. The lowest BCUT2D eigenvalue weighted by Crippen LogP contribution is -2.46. The predicted molar refractivity (Wildman–Crippen MR) is 78.1 cm³/mol. The Morgan fingerprint density at radius 2 is 1.78 bits per heavy atom. The molecule has 2 heteroatoms. The van der Waals surface area contributed by atoms with Crippen LogP contribution in [-0.2, 0) is 0 Å². The summed E-state index contributed by atoms with van der Waals surface area (Å²) in [6.07, 6.45) is 10.3. The van der Waals surface area contributed by atoms with E-state index >= 15 is 0 Å². The Morgan fingerprint density at radius 3 is 2.28 bits per heavy atom. The van der Waals surface area contributed by atoms with Gasteiger partial charge in [0.05, 0.1) is 5.38 Å². The zero-order valence-corrected chi connectivity index (χ0v) is 12.3. The van der Waals surface area contributed by atoms with Crippen LogP contribution in [0.5, 0.6) is 0 Å². The second-order valence-corrected chi connectivity index (χ2v) is 8.61. The highest BCUT2D eigenvalue weighted by Crippen LogP contribution is 2.62. The molecular weight excluding hydrogens is 260 g/mol. The molecule has 98 valence electrons. The zero-order chi connectivity index (χ0) is 12.2. The summed E-state index contributed by atoms with van der Waals surface area (Å²) < 4.78 is 0. The Labute approximate surface area is 119 Å². The topological polar surface area (TPSA) is 0 Å². The maximum absolute atomic E-state index is 6.69. The molecule has 0 radical (unpaired) electrons. The van der Waals surface area contributed by atoms with Crippen molar-refractivity contribution in [3.05, 3.63) is 22.4 Å². The molecule has 18 heavy (non-hydrogen) atoms. The third kappa shape index (κ3) is 1.94. The highest BCUT2D eigenvalue weighted by atomic mass is 35.5. The predicted octanol–water partition coefficient (Wildman–Crippen LogP) is 5.63. The first-order valence-corrected chi connectivity index (χ1v) is 8.71. The summed E-state index contributed by atoms with van der Waals surface area (Å²) in [6, 6.07) is 4.35. The first kappa shape index (κ1) is 11.8. The monoisotopic (exact) mass is 280 g/mol. The Hall–Kier alpha value is -0.0100. The van der Waals surface area contributed by atoms with E-state index in [1.165, 1.54) is 49.8 Å². The van der Waals surface area contributed by atoms with E-state index in [2.05, 4.69) is 17.5 Å². The lowest BCUT2D eigenvalue weighted by Gasteiger charge is -2.57. The Morgan fingerprint density at radius 1 is 1.17 bits per heavy atom. The van der Waals surface area contributed by atoms with Crippen LogP contribution in [-0.4, -0.2) is 0 Å². The van der Waals surface area contributed by atoms with Crippen LogP contribution >= 0.6 is 22.9 Å². The third-order valence-corrected chi connectivity index (χ3v) is 7.13. The Bertz CT molecular complexity index is 387. The van der Waals surface area contributed by atoms with Crippen molar-refractivity contribution in [2.45, 2.75) is 50.3 Å². The number of alkyl halides is 1. The number of thiophene rings is 1. The molecule has 0 aliphatic heterocycles. The SMILES string of the molecule is ClC(CC12CC3CC(CC(C3)C1)C2)c1cccs1. The van der Waals surface area contributed by atoms with Gasteiger partial charge in [-0.05, 0) is 79.6 Å². The molecular formula is C16H21ClS. The van der Waals surface area contributed by atoms with E-state index in [9.17, 15) is 0 Å². The molecule has 1 aromatic heterocycles. The summed E-state index contributed by atoms with van der Waals surface area (Å²) in [4.78, 5) is 1.38. The molecule has 0 nitrogen and oxygen atoms in total. The van der Waals surface area contributed by atoms with Gasteiger partial charge in [-0.1, -0.05) is 6.07 Å². The van der Waals surface area contributed by atoms with Gasteiger partial charge >= 0.3 is 0 Å². The molecule has 4 bridgehead atoms. The molecule has 1 unspecified atom stereocenters. The van der Waals surface area contributed by atoms with Gasteiger partial charge in [-0.15, -0.1) is 22.9 Å². The van der Waals surface area contributed by atoms with Gasteiger partial charge in [-0.25, -0.2) is 0 Å². The van der Waals surface area contributed by atoms with Gasteiger partial charge in [0.25, 0.3) is 0 Å². The lowest BCUT2D eigenvalue weighted by atomic mass is 9.48. The maximum atomic E-state index is 6.69. The zero-order valence-electron chi connectivity index (χ0n) is 10.8. The highest BCUT2D eigenvalue weighted by molar-refractivity contribution is 7.10. The van der Waals surface area contributed by atoms with Gasteiger partial charge in [0.2, 0.25) is 0 Å². The lowest BCUT2D eigenvalue weighted by molar-refractivity contribution is -0.0575. The normalized spacial score (nSPS) is 43.3. The summed E-state index contributed by atoms with van der Waals surface area (Å²) in [5.74, 6) is 3.13. The van der Waals surface area contributed by atoms with Crippen LogP contribution in [0.4, 0.5) is 0 Å². The van der Waals surface area contributed by atoms with E-state index in [0.717, 1.165) is 17.8 Å². The van der Waals surface area contributed by atoms with E-state index in [1.807, 2.05) is 11.3 Å². The summed E-state index contributed by atoms with van der Waals surface area (Å²) in [5, 5.41) is 2.42. The van der Waals surface area contributed by atoms with Crippen molar-refractivity contribution in [2.24, 2.45) is 23.2 Å². The average Bonchev–Trinajstić information content (AvgIpc) is 2.79. The van der Waals surface area contributed by atoms with Crippen LogP contribution in [0.15, 0.2) is 17.5 Å². The summed E-state index contributed by atoms with van der Waals surface area (Å²) >= 11 is 8.52. The van der Waals surface area contributed by atoms with Crippen molar-refractivity contribution in [1.29, 1.82) is 0 Å². The standard InChI is InChI=1S/C16H21ClS/c17-14(15-2-1-3-18-15)10-16-7-11-4-12(8-16)6-13(5-11)9-16/h1-3,11-14H,4-10H2. The number of halogens is 1. The minimum atomic E-state index is 0.265. The van der Waals surface area contributed by atoms with Gasteiger partial charge in [-0.2, -0.15) is 0 Å². The highest BCUT2D eigenvalue weighted by Gasteiger charge is 2.51. The van der Waals surface area contributed by atoms with Crippen molar-refractivity contribution < 1.29 is 0 Å². The molecule has 0 aromatic carbocycles. The first-order chi connectivity index (χ1) is 8.72. The van der Waals surface area contributed by atoms with Crippen molar-refractivity contribution in [2.75, 3.05) is 0 Å². The van der Waals surface area contributed by atoms with Crippen LogP contribution in [0.25, 0.3) is 0 Å². The third-order valence-electron chi connectivity index (χ3n) is 5.63. The van der Waals surface area contributed by atoms with Crippen LogP contribution in [0, 0.1) is 23.2 Å². The van der Waals surface area contributed by atoms with E-state index in [0.29, 0.717) is 5.41 Å². The smallest absolute Gasteiger partial charge is 0.0683 e. The fraction of sp³-hybridized carbons (Fsp3) is 0.750. The van der Waals surface area contributed by atoms with Gasteiger partial charge < -0.3 is 0 Å². The largest absolute Gasteiger partial charge is 0.147 e. The fourth-order valence-corrected chi connectivity index (χ4v) is 6.75. The fourth-order valence-electron chi connectivity index (χ4n) is 5.49. The number of hydrogen-bond acceptors (Lipinski definition) is 1. The molecule has 4 aliphatic carbocycles. The Balaban J connectivity index is 1.54. The van der Waals surface area contributed by atoms with E-state index < -0.39 is 0 Å². The van der Waals surface area contributed by atoms with Gasteiger partial charge in [-0.3, -0.25) is 0 Å². The molecule has 0 spiro atoms. The molecule has 4 saturated carbocycles. The van der Waals surface area contributed by atoms with Crippen molar-refractivity contribution in [1.82, 2.24) is 0 Å². The number of hydrogen-bond donors (Lipinski definition) is 0. The second kappa shape index (κ2) is 4.24. The van der Waals surface area contributed by atoms with Gasteiger partial charge in [0.1, 0.15) is 0 Å². The van der Waals surface area contributed by atoms with Crippen molar-refractivity contribution in [3.63, 3.8) is 0 Å². The molecule has 1 heterocycles. The minimum absolute atomic E-state index is 0.265. The van der Waals surface area contributed by atoms with Crippen molar-refractivity contribution in [3.8, 4) is 0 Å². The molecule has 1 aromatic rings. The molecule has 0 amide bonds. The first-order valence-electron chi connectivity index (χ1n) is 7.40. The molecule has 5 rings (SSSR count). The summed E-state index contributed by atoms with van der Waals surface area (Å²) in [5.41, 5.74) is 0.616. The van der Waals surface area contributed by atoms with Crippen molar-refractivity contribution >= 4 is 22.9 Å². The average molecular weight is 281 g/mol. The summed E-state index contributed by atoms with van der Waals surface area (Å²) in [7, 11) is 0. The van der Waals surface area contributed by atoms with E-state index in [-0.39, 0.29) is 5.38 Å². The van der Waals surface area contributed by atoms with Crippen LogP contribution in [0.3, 0.4) is 0 Å². The molecule has 4 fully saturated rings. The quantitative estimate of drug-likeness (QED) is 0.629. The van der Waals surface area contributed by atoms with E-state index in [1.54, 1.807) is 0 Å². The maximum Gasteiger partial charge on any atom is 0.0683 e. The van der Waals surface area contributed by atoms with E-state index in [4.69, 9.17) is 11.6 Å². The molecule has 0 N–H and O–H groups in total. The molecule has 1 atom stereocenters. The van der Waals surface area contributed by atoms with Crippen LogP contribution in [0.1, 0.15) is 55.2 Å².